The van der Waals surface area contributed by atoms with Crippen LogP contribution >= 0.6 is 11.6 Å². The van der Waals surface area contributed by atoms with Crippen LogP contribution < -0.4 is 5.32 Å². The maximum absolute atomic E-state index is 6.01. The maximum atomic E-state index is 6.01. The minimum atomic E-state index is 0.561. The average molecular weight is 286 g/mol. The van der Waals surface area contributed by atoms with Crippen molar-refractivity contribution in [3.63, 3.8) is 0 Å². The van der Waals surface area contributed by atoms with Crippen LogP contribution in [0.25, 0.3) is 0 Å². The van der Waals surface area contributed by atoms with Gasteiger partial charge < -0.3 is 14.8 Å². The summed E-state index contributed by atoms with van der Waals surface area (Å²) >= 11 is 6.01. The quantitative estimate of drug-likeness (QED) is 0.671. The van der Waals surface area contributed by atoms with E-state index < -0.39 is 0 Å². The highest BCUT2D eigenvalue weighted by molar-refractivity contribution is 6.30. The van der Waals surface area contributed by atoms with Crippen LogP contribution in [-0.4, -0.2) is 40.5 Å². The second-order valence-corrected chi connectivity index (χ2v) is 5.09. The van der Waals surface area contributed by atoms with Gasteiger partial charge in [0.2, 0.25) is 0 Å². The number of ether oxygens (including phenoxy) is 2. The van der Waals surface area contributed by atoms with Gasteiger partial charge in [-0.15, -0.1) is 0 Å². The van der Waals surface area contributed by atoms with E-state index in [4.69, 9.17) is 21.1 Å². The predicted molar refractivity (Wildman–Crippen MR) is 79.9 cm³/mol. The van der Waals surface area contributed by atoms with Crippen molar-refractivity contribution < 1.29 is 9.47 Å². The van der Waals surface area contributed by atoms with Crippen molar-refractivity contribution in [2.75, 3.05) is 40.5 Å². The zero-order valence-electron chi connectivity index (χ0n) is 11.8. The van der Waals surface area contributed by atoms with Crippen LogP contribution in [0.4, 0.5) is 0 Å². The molecule has 0 aliphatic heterocycles. The Morgan fingerprint density at radius 3 is 2.79 bits per heavy atom. The van der Waals surface area contributed by atoms with Gasteiger partial charge in [-0.05, 0) is 50.0 Å². The second kappa shape index (κ2) is 10.2. The molecule has 0 saturated heterocycles. The first kappa shape index (κ1) is 16.4. The highest BCUT2D eigenvalue weighted by atomic mass is 35.5. The smallest absolute Gasteiger partial charge is 0.0700 e. The van der Waals surface area contributed by atoms with E-state index in [0.29, 0.717) is 19.1 Å². The Kier molecular flexibility index (Phi) is 8.84. The molecule has 1 aromatic carbocycles. The minimum absolute atomic E-state index is 0.561. The minimum Gasteiger partial charge on any atom is -0.382 e. The summed E-state index contributed by atoms with van der Waals surface area (Å²) in [5.74, 6) is 0.561. The SMILES string of the molecule is CNCC(CCOCCOC)Cc1cccc(Cl)c1. The molecule has 1 atom stereocenters. The van der Waals surface area contributed by atoms with Crippen molar-refractivity contribution in [1.29, 1.82) is 0 Å². The molecule has 1 N–H and O–H groups in total. The van der Waals surface area contributed by atoms with Crippen molar-refractivity contribution in [3.05, 3.63) is 34.9 Å². The van der Waals surface area contributed by atoms with Crippen LogP contribution in [0.2, 0.25) is 5.02 Å². The van der Waals surface area contributed by atoms with Gasteiger partial charge in [0.25, 0.3) is 0 Å². The molecule has 0 radical (unpaired) electrons. The molecular formula is C15H24ClNO2. The zero-order chi connectivity index (χ0) is 13.9. The third-order valence-corrected chi connectivity index (χ3v) is 3.24. The van der Waals surface area contributed by atoms with E-state index in [-0.39, 0.29) is 0 Å². The van der Waals surface area contributed by atoms with Gasteiger partial charge in [-0.25, -0.2) is 0 Å². The Balaban J connectivity index is 2.35. The Labute approximate surface area is 121 Å². The lowest BCUT2D eigenvalue weighted by molar-refractivity contribution is 0.0637. The first-order chi connectivity index (χ1) is 9.26. The number of benzene rings is 1. The molecule has 0 aromatic heterocycles. The molecule has 0 amide bonds. The predicted octanol–water partition coefficient (Wildman–Crippen LogP) is 2.77. The molecule has 0 saturated carbocycles. The summed E-state index contributed by atoms with van der Waals surface area (Å²) in [6, 6.07) is 8.07. The van der Waals surface area contributed by atoms with Crippen molar-refractivity contribution in [2.24, 2.45) is 5.92 Å². The number of hydrogen-bond acceptors (Lipinski definition) is 3. The first-order valence-corrected chi connectivity index (χ1v) is 7.09. The van der Waals surface area contributed by atoms with Gasteiger partial charge in [-0.2, -0.15) is 0 Å². The normalized spacial score (nSPS) is 12.6. The van der Waals surface area contributed by atoms with E-state index in [1.807, 2.05) is 25.2 Å². The van der Waals surface area contributed by atoms with Crippen LogP contribution in [-0.2, 0) is 15.9 Å². The van der Waals surface area contributed by atoms with Gasteiger partial charge in [-0.1, -0.05) is 23.7 Å². The number of halogens is 1. The third kappa shape index (κ3) is 7.53. The fourth-order valence-electron chi connectivity index (χ4n) is 2.06. The van der Waals surface area contributed by atoms with E-state index in [1.165, 1.54) is 5.56 Å². The van der Waals surface area contributed by atoms with Crippen LogP contribution in [0.15, 0.2) is 24.3 Å². The van der Waals surface area contributed by atoms with E-state index in [2.05, 4.69) is 11.4 Å². The molecule has 0 bridgehead atoms. The molecule has 1 rings (SSSR count). The first-order valence-electron chi connectivity index (χ1n) is 6.72. The molecule has 4 heteroatoms. The lowest BCUT2D eigenvalue weighted by Crippen LogP contribution is -2.22. The molecule has 0 aliphatic carbocycles. The highest BCUT2D eigenvalue weighted by Crippen LogP contribution is 2.16. The maximum Gasteiger partial charge on any atom is 0.0700 e. The van der Waals surface area contributed by atoms with Crippen LogP contribution in [0, 0.1) is 5.92 Å². The third-order valence-electron chi connectivity index (χ3n) is 3.01. The van der Waals surface area contributed by atoms with E-state index in [9.17, 15) is 0 Å². The molecule has 108 valence electrons. The summed E-state index contributed by atoms with van der Waals surface area (Å²) in [4.78, 5) is 0. The standard InChI is InChI=1S/C15H24ClNO2/c1-17-12-14(6-7-19-9-8-18-2)10-13-4-3-5-15(16)11-13/h3-5,11,14,17H,6-10,12H2,1-2H3. The van der Waals surface area contributed by atoms with Gasteiger partial charge in [-0.3, -0.25) is 0 Å². The molecule has 19 heavy (non-hydrogen) atoms. The lowest BCUT2D eigenvalue weighted by Gasteiger charge is -2.17. The molecular weight excluding hydrogens is 262 g/mol. The largest absolute Gasteiger partial charge is 0.382 e. The van der Waals surface area contributed by atoms with E-state index in [0.717, 1.165) is 31.0 Å². The highest BCUT2D eigenvalue weighted by Gasteiger charge is 2.09. The molecule has 0 aliphatic rings. The topological polar surface area (TPSA) is 30.5 Å². The summed E-state index contributed by atoms with van der Waals surface area (Å²) in [5, 5.41) is 4.04. The summed E-state index contributed by atoms with van der Waals surface area (Å²) in [7, 11) is 3.67. The van der Waals surface area contributed by atoms with Crippen LogP contribution in [0.5, 0.6) is 0 Å². The summed E-state index contributed by atoms with van der Waals surface area (Å²) in [6.45, 7) is 3.08. The summed E-state index contributed by atoms with van der Waals surface area (Å²) < 4.78 is 10.5. The van der Waals surface area contributed by atoms with Crippen LogP contribution in [0.1, 0.15) is 12.0 Å². The number of methoxy groups -OCH3 is 1. The molecule has 0 fully saturated rings. The molecule has 3 nitrogen and oxygen atoms in total. The van der Waals surface area contributed by atoms with Crippen molar-refractivity contribution in [2.45, 2.75) is 12.8 Å². The fourth-order valence-corrected chi connectivity index (χ4v) is 2.27. The van der Waals surface area contributed by atoms with Gasteiger partial charge in [0.15, 0.2) is 0 Å². The Hall–Kier alpha value is -0.610. The monoisotopic (exact) mass is 285 g/mol. The molecule has 0 heterocycles. The van der Waals surface area contributed by atoms with E-state index >= 15 is 0 Å². The summed E-state index contributed by atoms with van der Waals surface area (Å²) in [6.07, 6.45) is 2.06. The van der Waals surface area contributed by atoms with Gasteiger partial charge in [0, 0.05) is 18.7 Å². The number of rotatable bonds is 10. The zero-order valence-corrected chi connectivity index (χ0v) is 12.6. The van der Waals surface area contributed by atoms with Crippen molar-refractivity contribution in [1.82, 2.24) is 5.32 Å². The van der Waals surface area contributed by atoms with Crippen LogP contribution in [0.3, 0.4) is 0 Å². The van der Waals surface area contributed by atoms with Gasteiger partial charge in [0.1, 0.15) is 0 Å². The Bertz CT molecular complexity index is 347. The van der Waals surface area contributed by atoms with Gasteiger partial charge in [0.05, 0.1) is 13.2 Å². The Morgan fingerprint density at radius 2 is 2.11 bits per heavy atom. The summed E-state index contributed by atoms with van der Waals surface area (Å²) in [5.41, 5.74) is 1.28. The molecule has 1 aromatic rings. The average Bonchev–Trinajstić information content (AvgIpc) is 2.38. The molecule has 0 spiro atoms. The van der Waals surface area contributed by atoms with Crippen molar-refractivity contribution >= 4 is 11.6 Å². The van der Waals surface area contributed by atoms with Crippen molar-refractivity contribution in [3.8, 4) is 0 Å². The van der Waals surface area contributed by atoms with E-state index in [1.54, 1.807) is 7.11 Å². The lowest BCUT2D eigenvalue weighted by atomic mass is 9.96. The van der Waals surface area contributed by atoms with Gasteiger partial charge >= 0.3 is 0 Å². The fraction of sp³-hybridized carbons (Fsp3) is 0.600. The Morgan fingerprint density at radius 1 is 1.26 bits per heavy atom. The number of hydrogen-bond donors (Lipinski definition) is 1. The number of nitrogens with one attached hydrogen (secondary N) is 1. The second-order valence-electron chi connectivity index (χ2n) is 4.65. The molecule has 1 unspecified atom stereocenters.